The van der Waals surface area contributed by atoms with Gasteiger partial charge >= 0.3 is 0 Å². The van der Waals surface area contributed by atoms with Crippen LogP contribution in [0.25, 0.3) is 27.8 Å². The number of carboxylic acids is 1. The molecule has 0 radical (unpaired) electrons. The Hall–Kier alpha value is -3.75. The summed E-state index contributed by atoms with van der Waals surface area (Å²) in [6.07, 6.45) is 0. The first kappa shape index (κ1) is 13.9. The fourth-order valence-corrected chi connectivity index (χ4v) is 2.58. The summed E-state index contributed by atoms with van der Waals surface area (Å²) < 4.78 is 5.75. The van der Waals surface area contributed by atoms with Gasteiger partial charge in [0.1, 0.15) is 11.4 Å². The molecule has 4 aromatic rings. The number of carbonyl (C=O) groups excluding carboxylic acids is 1. The average molecular weight is 321 g/mol. The minimum absolute atomic E-state index is 0.0358. The van der Waals surface area contributed by atoms with Crippen LogP contribution in [-0.4, -0.2) is 31.3 Å². The highest BCUT2D eigenvalue weighted by molar-refractivity contribution is 6.01. The Morgan fingerprint density at radius 2 is 1.92 bits per heavy atom. The molecule has 0 atom stereocenters. The summed E-state index contributed by atoms with van der Waals surface area (Å²) in [7, 11) is 0. The highest BCUT2D eigenvalue weighted by Crippen LogP contribution is 2.32. The number of carbonyl (C=O) groups is 1. The molecule has 0 aliphatic heterocycles. The van der Waals surface area contributed by atoms with Crippen molar-refractivity contribution < 1.29 is 14.5 Å². The molecule has 0 saturated carbocycles. The quantitative estimate of drug-likeness (QED) is 0.573. The number of hydrogen-bond donors (Lipinski definition) is 1. The molecule has 2 N–H and O–H groups in total. The number of fused-ring (bicyclic) bond motifs is 1. The zero-order valence-corrected chi connectivity index (χ0v) is 12.1. The number of aromatic carboxylic acids is 1. The van der Waals surface area contributed by atoms with E-state index in [2.05, 4.69) is 25.3 Å². The number of benzene rings is 2. The molecular formula is C15H9N6O3-. The second kappa shape index (κ2) is 5.16. The van der Waals surface area contributed by atoms with Gasteiger partial charge in [0.25, 0.3) is 0 Å². The molecule has 4 rings (SSSR count). The van der Waals surface area contributed by atoms with Crippen molar-refractivity contribution in [3.63, 3.8) is 0 Å². The van der Waals surface area contributed by atoms with Crippen molar-refractivity contribution in [2.24, 2.45) is 0 Å². The van der Waals surface area contributed by atoms with E-state index in [-0.39, 0.29) is 23.0 Å². The summed E-state index contributed by atoms with van der Waals surface area (Å²) in [5.41, 5.74) is 6.16. The van der Waals surface area contributed by atoms with E-state index < -0.39 is 5.97 Å². The molecule has 9 nitrogen and oxygen atoms in total. The first-order chi connectivity index (χ1) is 11.7. The van der Waals surface area contributed by atoms with Gasteiger partial charge in [-0.3, -0.25) is 0 Å². The molecule has 118 valence electrons. The Labute approximate surface area is 134 Å². The van der Waals surface area contributed by atoms with Gasteiger partial charge in [0.05, 0.1) is 5.97 Å². The lowest BCUT2D eigenvalue weighted by Crippen LogP contribution is -2.23. The minimum Gasteiger partial charge on any atom is -0.543 e. The summed E-state index contributed by atoms with van der Waals surface area (Å²) >= 11 is 0. The lowest BCUT2D eigenvalue weighted by atomic mass is 10.0. The summed E-state index contributed by atoms with van der Waals surface area (Å²) in [5, 5.41) is 27.9. The molecule has 0 unspecified atom stereocenters. The van der Waals surface area contributed by atoms with Crippen molar-refractivity contribution >= 4 is 22.6 Å². The second-order valence-corrected chi connectivity index (χ2v) is 4.99. The molecule has 0 fully saturated rings. The van der Waals surface area contributed by atoms with Crippen molar-refractivity contribution in [1.29, 1.82) is 0 Å². The zero-order valence-electron chi connectivity index (χ0n) is 12.1. The lowest BCUT2D eigenvalue weighted by molar-refractivity contribution is -0.255. The average Bonchev–Trinajstić information content (AvgIpc) is 3.20. The van der Waals surface area contributed by atoms with Crippen LogP contribution in [-0.2, 0) is 0 Å². The van der Waals surface area contributed by atoms with Crippen molar-refractivity contribution in [2.45, 2.75) is 0 Å². The number of carboxylic acid groups (broad SMARTS) is 1. The molecule has 2 aromatic heterocycles. The van der Waals surface area contributed by atoms with Crippen LogP contribution in [0, 0.1) is 0 Å². The molecule has 0 bridgehead atoms. The van der Waals surface area contributed by atoms with Gasteiger partial charge in [0.2, 0.25) is 11.6 Å². The number of nitrogens with zero attached hydrogens (tertiary/aromatic N) is 5. The van der Waals surface area contributed by atoms with Crippen LogP contribution in [0.5, 0.6) is 0 Å². The van der Waals surface area contributed by atoms with Gasteiger partial charge in [-0.05, 0) is 21.1 Å². The highest BCUT2D eigenvalue weighted by atomic mass is 16.6. The maximum atomic E-state index is 11.5. The van der Waals surface area contributed by atoms with Crippen LogP contribution in [0.1, 0.15) is 10.5 Å². The van der Waals surface area contributed by atoms with Crippen molar-refractivity contribution in [2.75, 3.05) is 5.73 Å². The SMILES string of the molecule is Nc1nonc1-n1nnc(C(=O)[O-])c1-c1cccc2ccccc12. The molecule has 0 aliphatic carbocycles. The molecule has 0 aliphatic rings. The summed E-state index contributed by atoms with van der Waals surface area (Å²) in [6, 6.07) is 13.0. The largest absolute Gasteiger partial charge is 0.543 e. The minimum atomic E-state index is -1.46. The lowest BCUT2D eigenvalue weighted by Gasteiger charge is -2.10. The monoisotopic (exact) mass is 321 g/mol. The Morgan fingerprint density at radius 3 is 2.67 bits per heavy atom. The third-order valence-corrected chi connectivity index (χ3v) is 3.60. The van der Waals surface area contributed by atoms with Gasteiger partial charge < -0.3 is 15.6 Å². The Kier molecular flexibility index (Phi) is 2.98. The Bertz CT molecular complexity index is 1060. The standard InChI is InChI=1S/C15H10N6O3/c16-13-14(19-24-18-13)21-12(11(15(22)23)17-20-21)10-7-3-5-8-4-1-2-6-9(8)10/h1-7H,(H2,16,18)(H,22,23)/p-1. The normalized spacial score (nSPS) is 11.0. The van der Waals surface area contributed by atoms with Gasteiger partial charge in [-0.2, -0.15) is 4.68 Å². The second-order valence-electron chi connectivity index (χ2n) is 4.99. The van der Waals surface area contributed by atoms with Crippen LogP contribution >= 0.6 is 0 Å². The van der Waals surface area contributed by atoms with E-state index in [1.54, 1.807) is 12.1 Å². The maximum Gasteiger partial charge on any atom is 0.243 e. The number of anilines is 1. The van der Waals surface area contributed by atoms with Crippen molar-refractivity contribution in [3.05, 3.63) is 48.2 Å². The fourth-order valence-electron chi connectivity index (χ4n) is 2.58. The molecule has 0 spiro atoms. The molecule has 0 saturated heterocycles. The van der Waals surface area contributed by atoms with Gasteiger partial charge in [-0.1, -0.05) is 47.7 Å². The van der Waals surface area contributed by atoms with Gasteiger partial charge in [-0.25, -0.2) is 4.63 Å². The predicted molar refractivity (Wildman–Crippen MR) is 80.9 cm³/mol. The van der Waals surface area contributed by atoms with E-state index in [1.165, 1.54) is 4.68 Å². The maximum absolute atomic E-state index is 11.5. The summed E-state index contributed by atoms with van der Waals surface area (Å²) in [4.78, 5) is 11.5. The topological polar surface area (TPSA) is 136 Å². The molecule has 2 heterocycles. The summed E-state index contributed by atoms with van der Waals surface area (Å²) in [5.74, 6) is -1.44. The van der Waals surface area contributed by atoms with Crippen LogP contribution in [0.15, 0.2) is 47.1 Å². The Morgan fingerprint density at radius 1 is 1.12 bits per heavy atom. The van der Waals surface area contributed by atoms with Crippen LogP contribution < -0.4 is 10.8 Å². The molecule has 0 amide bonds. The van der Waals surface area contributed by atoms with Crippen LogP contribution in [0.4, 0.5) is 5.82 Å². The van der Waals surface area contributed by atoms with Crippen LogP contribution in [0.3, 0.4) is 0 Å². The van der Waals surface area contributed by atoms with Gasteiger partial charge in [0.15, 0.2) is 0 Å². The van der Waals surface area contributed by atoms with E-state index in [9.17, 15) is 9.90 Å². The van der Waals surface area contributed by atoms with Crippen molar-refractivity contribution in [3.8, 4) is 17.1 Å². The number of rotatable bonds is 3. The fraction of sp³-hybridized carbons (Fsp3) is 0. The predicted octanol–water partition coefficient (Wildman–Crippen LogP) is 0.416. The van der Waals surface area contributed by atoms with E-state index >= 15 is 0 Å². The number of hydrogen-bond acceptors (Lipinski definition) is 8. The number of nitrogens with two attached hydrogens (primary N) is 1. The summed E-state index contributed by atoms with van der Waals surface area (Å²) in [6.45, 7) is 0. The number of nitrogen functional groups attached to an aromatic ring is 1. The van der Waals surface area contributed by atoms with E-state index in [4.69, 9.17) is 5.73 Å². The highest BCUT2D eigenvalue weighted by Gasteiger charge is 2.22. The van der Waals surface area contributed by atoms with Gasteiger partial charge in [-0.15, -0.1) is 5.10 Å². The van der Waals surface area contributed by atoms with E-state index in [1.807, 2.05) is 30.3 Å². The third-order valence-electron chi connectivity index (χ3n) is 3.60. The molecule has 9 heteroatoms. The van der Waals surface area contributed by atoms with E-state index in [0.717, 1.165) is 10.8 Å². The number of aromatic nitrogens is 5. The molecular weight excluding hydrogens is 312 g/mol. The first-order valence-corrected chi connectivity index (χ1v) is 6.90. The van der Waals surface area contributed by atoms with Crippen LogP contribution in [0.2, 0.25) is 0 Å². The molecule has 2 aromatic carbocycles. The Balaban J connectivity index is 2.08. The van der Waals surface area contributed by atoms with E-state index in [0.29, 0.717) is 5.56 Å². The first-order valence-electron chi connectivity index (χ1n) is 6.90. The molecule has 24 heavy (non-hydrogen) atoms. The van der Waals surface area contributed by atoms with Gasteiger partial charge in [0, 0.05) is 5.56 Å². The smallest absolute Gasteiger partial charge is 0.243 e. The van der Waals surface area contributed by atoms with Crippen molar-refractivity contribution in [1.82, 2.24) is 25.3 Å². The zero-order chi connectivity index (χ0) is 16.7. The third kappa shape index (κ3) is 1.99.